The van der Waals surface area contributed by atoms with E-state index in [4.69, 9.17) is 9.47 Å². The summed E-state index contributed by atoms with van der Waals surface area (Å²) < 4.78 is 10.5. The molecule has 0 aliphatic heterocycles. The van der Waals surface area contributed by atoms with Gasteiger partial charge in [0.25, 0.3) is 0 Å². The zero-order chi connectivity index (χ0) is 21.3. The van der Waals surface area contributed by atoms with Crippen molar-refractivity contribution in [3.8, 4) is 11.5 Å². The normalized spacial score (nSPS) is 10.3. The van der Waals surface area contributed by atoms with Gasteiger partial charge in [0.05, 0.1) is 19.7 Å². The molecule has 0 radical (unpaired) electrons. The lowest BCUT2D eigenvalue weighted by Crippen LogP contribution is -1.86. The summed E-state index contributed by atoms with van der Waals surface area (Å²) in [6, 6.07) is 24.6. The molecule has 5 heteroatoms. The lowest BCUT2D eigenvalue weighted by Gasteiger charge is -2.11. The highest BCUT2D eigenvalue weighted by atomic mass is 32.2. The van der Waals surface area contributed by atoms with Crippen molar-refractivity contribution < 1.29 is 9.47 Å². The molecule has 0 aliphatic carbocycles. The number of ether oxygens (including phenoxy) is 2. The van der Waals surface area contributed by atoms with Gasteiger partial charge in [-0.3, -0.25) is 4.98 Å². The van der Waals surface area contributed by atoms with Crippen LogP contribution >= 0.6 is 23.5 Å². The van der Waals surface area contributed by atoms with Crippen LogP contribution in [0.2, 0.25) is 0 Å². The first-order valence-corrected chi connectivity index (χ1v) is 11.4. The largest absolute Gasteiger partial charge is 0.497 e. The molecular formula is C25H25NO2S2. The van der Waals surface area contributed by atoms with Gasteiger partial charge in [-0.15, -0.1) is 0 Å². The van der Waals surface area contributed by atoms with Gasteiger partial charge in [-0.1, -0.05) is 43.4 Å². The van der Waals surface area contributed by atoms with E-state index in [0.29, 0.717) is 0 Å². The number of nitrogens with zero attached hydrogens (tertiary/aromatic N) is 1. The molecule has 0 atom stereocenters. The van der Waals surface area contributed by atoms with Crippen LogP contribution in [0, 0.1) is 0 Å². The third-order valence-electron chi connectivity index (χ3n) is 4.27. The Hall–Kier alpha value is -2.63. The number of fused-ring (bicyclic) bond motifs is 1. The van der Waals surface area contributed by atoms with E-state index in [1.54, 1.807) is 37.7 Å². The fourth-order valence-electron chi connectivity index (χ4n) is 2.83. The van der Waals surface area contributed by atoms with Crippen LogP contribution in [-0.4, -0.2) is 19.2 Å². The average molecular weight is 436 g/mol. The molecule has 0 saturated carbocycles. The van der Waals surface area contributed by atoms with Crippen molar-refractivity contribution in [1.82, 2.24) is 4.98 Å². The van der Waals surface area contributed by atoms with Gasteiger partial charge < -0.3 is 9.47 Å². The number of hydrogen-bond donors (Lipinski definition) is 0. The molecule has 0 N–H and O–H groups in total. The maximum absolute atomic E-state index is 5.25. The van der Waals surface area contributed by atoms with Crippen LogP contribution in [-0.2, 0) is 0 Å². The van der Waals surface area contributed by atoms with Gasteiger partial charge in [-0.2, -0.15) is 0 Å². The fourth-order valence-corrected chi connectivity index (χ4v) is 4.69. The molecule has 1 heterocycles. The number of hydrogen-bond acceptors (Lipinski definition) is 5. The maximum Gasteiger partial charge on any atom is 0.118 e. The molecule has 30 heavy (non-hydrogen) atoms. The van der Waals surface area contributed by atoms with Crippen molar-refractivity contribution >= 4 is 34.4 Å². The van der Waals surface area contributed by atoms with Gasteiger partial charge in [0.15, 0.2) is 0 Å². The first kappa shape index (κ1) is 22.1. The highest BCUT2D eigenvalue weighted by Crippen LogP contribution is 2.39. The minimum absolute atomic E-state index is 0.860. The molecule has 3 nitrogen and oxygen atoms in total. The zero-order valence-electron chi connectivity index (χ0n) is 17.6. The van der Waals surface area contributed by atoms with E-state index in [1.165, 1.54) is 9.79 Å². The second-order valence-electron chi connectivity index (χ2n) is 6.02. The fraction of sp³-hybridized carbons (Fsp3) is 0.160. The highest BCUT2D eigenvalue weighted by Gasteiger charge is 2.10. The van der Waals surface area contributed by atoms with Gasteiger partial charge in [0, 0.05) is 31.2 Å². The Balaban J connectivity index is 0.00000124. The summed E-state index contributed by atoms with van der Waals surface area (Å²) in [5.74, 6) is 1.72. The summed E-state index contributed by atoms with van der Waals surface area (Å²) in [5, 5.41) is 1.15. The number of rotatable bonds is 6. The molecule has 154 valence electrons. The summed E-state index contributed by atoms with van der Waals surface area (Å²) in [6.45, 7) is 4.00. The van der Waals surface area contributed by atoms with Crippen LogP contribution in [0.4, 0.5) is 0 Å². The first-order chi connectivity index (χ1) is 14.8. The van der Waals surface area contributed by atoms with Crippen molar-refractivity contribution in [3.63, 3.8) is 0 Å². The Morgan fingerprint density at radius 2 is 1.13 bits per heavy atom. The molecule has 0 amide bonds. The molecular weight excluding hydrogens is 410 g/mol. The SMILES string of the molecule is CC.COc1ccc(Sc2ccc(Sc3ccc(OC)cc3)c3ncccc23)cc1. The number of pyridine rings is 1. The molecule has 0 unspecified atom stereocenters. The Morgan fingerprint density at radius 1 is 0.633 bits per heavy atom. The van der Waals surface area contributed by atoms with Crippen molar-refractivity contribution in [2.45, 2.75) is 33.4 Å². The number of aromatic nitrogens is 1. The molecule has 0 saturated heterocycles. The minimum Gasteiger partial charge on any atom is -0.497 e. The zero-order valence-corrected chi connectivity index (χ0v) is 19.2. The van der Waals surface area contributed by atoms with E-state index in [1.807, 2.05) is 50.4 Å². The van der Waals surface area contributed by atoms with Gasteiger partial charge in [-0.05, 0) is 66.7 Å². The van der Waals surface area contributed by atoms with Crippen molar-refractivity contribution in [2.24, 2.45) is 0 Å². The van der Waals surface area contributed by atoms with Gasteiger partial charge >= 0.3 is 0 Å². The van der Waals surface area contributed by atoms with Crippen LogP contribution in [0.15, 0.2) is 98.6 Å². The monoisotopic (exact) mass is 435 g/mol. The molecule has 4 aromatic rings. The Kier molecular flexibility index (Phi) is 8.05. The second-order valence-corrected chi connectivity index (χ2v) is 8.25. The smallest absolute Gasteiger partial charge is 0.118 e. The van der Waals surface area contributed by atoms with Crippen LogP contribution in [0.3, 0.4) is 0 Å². The first-order valence-electron chi connectivity index (χ1n) is 9.78. The predicted octanol–water partition coefficient (Wildman–Crippen LogP) is 7.58. The molecule has 1 aromatic heterocycles. The Morgan fingerprint density at radius 3 is 1.67 bits per heavy atom. The van der Waals surface area contributed by atoms with E-state index in [0.717, 1.165) is 32.2 Å². The van der Waals surface area contributed by atoms with Crippen LogP contribution in [0.5, 0.6) is 11.5 Å². The predicted molar refractivity (Wildman–Crippen MR) is 127 cm³/mol. The molecule has 0 bridgehead atoms. The van der Waals surface area contributed by atoms with E-state index in [9.17, 15) is 0 Å². The van der Waals surface area contributed by atoms with E-state index in [-0.39, 0.29) is 0 Å². The topological polar surface area (TPSA) is 31.4 Å². The highest BCUT2D eigenvalue weighted by molar-refractivity contribution is 8.00. The lowest BCUT2D eigenvalue weighted by atomic mass is 10.2. The summed E-state index contributed by atoms with van der Waals surface area (Å²) in [5.41, 5.74) is 1.02. The Labute approximate surface area is 186 Å². The molecule has 0 aliphatic rings. The van der Waals surface area contributed by atoms with Crippen molar-refractivity contribution in [1.29, 1.82) is 0 Å². The molecule has 0 spiro atoms. The third kappa shape index (κ3) is 5.29. The molecule has 4 rings (SSSR count). The summed E-state index contributed by atoms with van der Waals surface area (Å²) in [7, 11) is 3.36. The van der Waals surface area contributed by atoms with Crippen molar-refractivity contribution in [2.75, 3.05) is 14.2 Å². The van der Waals surface area contributed by atoms with Gasteiger partial charge in [0.2, 0.25) is 0 Å². The van der Waals surface area contributed by atoms with E-state index in [2.05, 4.69) is 47.4 Å². The van der Waals surface area contributed by atoms with Crippen LogP contribution < -0.4 is 9.47 Å². The third-order valence-corrected chi connectivity index (χ3v) is 6.41. The van der Waals surface area contributed by atoms with E-state index < -0.39 is 0 Å². The van der Waals surface area contributed by atoms with Crippen LogP contribution in [0.1, 0.15) is 13.8 Å². The summed E-state index contributed by atoms with van der Waals surface area (Å²) in [4.78, 5) is 9.31. The molecule has 3 aromatic carbocycles. The average Bonchev–Trinajstić information content (AvgIpc) is 2.83. The summed E-state index contributed by atoms with van der Waals surface area (Å²) >= 11 is 3.45. The molecule has 0 fully saturated rings. The van der Waals surface area contributed by atoms with E-state index >= 15 is 0 Å². The second kappa shape index (κ2) is 11.0. The minimum atomic E-state index is 0.860. The van der Waals surface area contributed by atoms with Gasteiger partial charge in [-0.25, -0.2) is 0 Å². The maximum atomic E-state index is 5.25. The number of benzene rings is 3. The number of methoxy groups -OCH3 is 2. The van der Waals surface area contributed by atoms with Crippen LogP contribution in [0.25, 0.3) is 10.9 Å². The van der Waals surface area contributed by atoms with Gasteiger partial charge in [0.1, 0.15) is 11.5 Å². The Bertz CT molecular complexity index is 993. The quantitative estimate of drug-likeness (QED) is 0.311. The van der Waals surface area contributed by atoms with Crippen molar-refractivity contribution in [3.05, 3.63) is 79.0 Å². The standard InChI is InChI=1S/C23H19NO2S2.C2H6/c1-25-16-5-9-18(10-6-16)27-21-13-14-22(23-20(21)4-3-15-24-23)28-19-11-7-17(26-2)8-12-19;1-2/h3-15H,1-2H3;1-2H3. The summed E-state index contributed by atoms with van der Waals surface area (Å²) in [6.07, 6.45) is 1.85. The lowest BCUT2D eigenvalue weighted by molar-refractivity contribution is 0.414.